The summed E-state index contributed by atoms with van der Waals surface area (Å²) in [6.45, 7) is 3.78. The molecule has 1 aliphatic rings. The number of carbonyl (C=O) groups is 1. The summed E-state index contributed by atoms with van der Waals surface area (Å²) in [5.41, 5.74) is 0.795. The number of thioether (sulfide) groups is 1. The molecular weight excluding hydrogens is 322 g/mol. The molecule has 2 rings (SSSR count). The Kier molecular flexibility index (Phi) is 4.99. The Morgan fingerprint density at radius 1 is 1.68 bits per heavy atom. The summed E-state index contributed by atoms with van der Waals surface area (Å²) in [6.07, 6.45) is 4.20. The summed E-state index contributed by atoms with van der Waals surface area (Å²) in [6, 6.07) is 3.02. The van der Waals surface area contributed by atoms with Crippen molar-refractivity contribution in [1.82, 2.24) is 20.4 Å². The van der Waals surface area contributed by atoms with Crippen LogP contribution < -0.4 is 5.32 Å². The summed E-state index contributed by atoms with van der Waals surface area (Å²) >= 11 is 6.69. The molecule has 118 valence electrons. The number of hydrazone groups is 1. The third-order valence-electron chi connectivity index (χ3n) is 3.06. The Morgan fingerprint density at radius 2 is 2.41 bits per heavy atom. The minimum absolute atomic E-state index is 0.484. The van der Waals surface area contributed by atoms with E-state index in [-0.39, 0.29) is 0 Å². The van der Waals surface area contributed by atoms with E-state index in [2.05, 4.69) is 15.4 Å². The largest absolute Gasteiger partial charge is 0.343 e. The van der Waals surface area contributed by atoms with Crippen LogP contribution in [-0.2, 0) is 0 Å². The number of amides is 2. The van der Waals surface area contributed by atoms with Crippen molar-refractivity contribution < 1.29 is 10.0 Å². The standard InChI is InChI=1S/C13H17N5O2S2/c1-13(2)10(18(20)11(19)14-3)17(12(21)22-13)16-8-9-5-4-6-15-7-9/h4-8,10,20H,1-3H3,(H,14,19)/b16-8-/t10-/m1/s1. The van der Waals surface area contributed by atoms with Crippen LogP contribution in [0.2, 0.25) is 0 Å². The molecule has 2 heterocycles. The van der Waals surface area contributed by atoms with Crippen LogP contribution in [0.25, 0.3) is 0 Å². The first-order valence-corrected chi connectivity index (χ1v) is 7.75. The van der Waals surface area contributed by atoms with Gasteiger partial charge in [0.25, 0.3) is 0 Å². The third-order valence-corrected chi connectivity index (χ3v) is 4.60. The molecule has 22 heavy (non-hydrogen) atoms. The van der Waals surface area contributed by atoms with Crippen LogP contribution in [-0.4, -0.2) is 54.8 Å². The molecule has 0 spiro atoms. The van der Waals surface area contributed by atoms with Crippen molar-refractivity contribution in [3.63, 3.8) is 0 Å². The van der Waals surface area contributed by atoms with Gasteiger partial charge >= 0.3 is 6.03 Å². The Morgan fingerprint density at radius 3 is 3.00 bits per heavy atom. The zero-order valence-electron chi connectivity index (χ0n) is 12.4. The van der Waals surface area contributed by atoms with Gasteiger partial charge in [-0.25, -0.2) is 9.80 Å². The second-order valence-corrected chi connectivity index (χ2v) is 7.41. The zero-order chi connectivity index (χ0) is 16.3. The van der Waals surface area contributed by atoms with Crippen molar-refractivity contribution in [3.8, 4) is 0 Å². The number of aromatic nitrogens is 1. The van der Waals surface area contributed by atoms with Gasteiger partial charge in [-0.3, -0.25) is 10.2 Å². The van der Waals surface area contributed by atoms with E-state index in [1.54, 1.807) is 24.7 Å². The van der Waals surface area contributed by atoms with Gasteiger partial charge in [0.15, 0.2) is 10.5 Å². The molecule has 0 aromatic carbocycles. The average molecular weight is 339 g/mol. The van der Waals surface area contributed by atoms with Crippen LogP contribution in [0.1, 0.15) is 19.4 Å². The quantitative estimate of drug-likeness (QED) is 0.379. The fourth-order valence-electron chi connectivity index (χ4n) is 2.03. The van der Waals surface area contributed by atoms with Crippen LogP contribution in [0.3, 0.4) is 0 Å². The second kappa shape index (κ2) is 6.59. The number of hydrogen-bond acceptors (Lipinski definition) is 6. The maximum absolute atomic E-state index is 11.7. The first-order chi connectivity index (χ1) is 10.4. The van der Waals surface area contributed by atoms with E-state index in [1.807, 2.05) is 19.9 Å². The van der Waals surface area contributed by atoms with E-state index in [1.165, 1.54) is 23.8 Å². The maximum atomic E-state index is 11.7. The van der Waals surface area contributed by atoms with Crippen LogP contribution >= 0.6 is 24.0 Å². The lowest BCUT2D eigenvalue weighted by Crippen LogP contribution is -2.55. The minimum Gasteiger partial charge on any atom is -0.339 e. The number of nitrogens with one attached hydrogen (secondary N) is 1. The highest BCUT2D eigenvalue weighted by molar-refractivity contribution is 8.24. The lowest BCUT2D eigenvalue weighted by Gasteiger charge is -2.33. The van der Waals surface area contributed by atoms with Crippen LogP contribution in [0.5, 0.6) is 0 Å². The molecular formula is C13H17N5O2S2. The Bertz CT molecular complexity index is 593. The van der Waals surface area contributed by atoms with Crippen molar-refractivity contribution >= 4 is 40.5 Å². The van der Waals surface area contributed by atoms with E-state index in [0.717, 1.165) is 5.56 Å². The Balaban J connectivity index is 2.28. The van der Waals surface area contributed by atoms with Gasteiger partial charge < -0.3 is 5.32 Å². The monoisotopic (exact) mass is 339 g/mol. The van der Waals surface area contributed by atoms with Crippen LogP contribution in [0.4, 0.5) is 4.79 Å². The van der Waals surface area contributed by atoms with E-state index >= 15 is 0 Å². The van der Waals surface area contributed by atoms with Crippen molar-refractivity contribution in [1.29, 1.82) is 0 Å². The summed E-state index contributed by atoms with van der Waals surface area (Å²) in [7, 11) is 1.45. The first kappa shape index (κ1) is 16.7. The number of urea groups is 1. The van der Waals surface area contributed by atoms with Gasteiger partial charge in [-0.15, -0.1) is 0 Å². The molecule has 0 aliphatic carbocycles. The molecule has 1 atom stereocenters. The smallest absolute Gasteiger partial charge is 0.339 e. The molecule has 2 N–H and O–H groups in total. The molecule has 1 aliphatic heterocycles. The summed E-state index contributed by atoms with van der Waals surface area (Å²) < 4.78 is -0.0250. The number of carbonyl (C=O) groups excluding carboxylic acids is 1. The fraction of sp³-hybridized carbons (Fsp3) is 0.385. The van der Waals surface area contributed by atoms with Crippen molar-refractivity contribution in [2.24, 2.45) is 5.10 Å². The highest BCUT2D eigenvalue weighted by Crippen LogP contribution is 2.42. The number of nitrogens with zero attached hydrogens (tertiary/aromatic N) is 4. The number of pyridine rings is 1. The highest BCUT2D eigenvalue weighted by atomic mass is 32.2. The van der Waals surface area contributed by atoms with Crippen molar-refractivity contribution in [3.05, 3.63) is 30.1 Å². The molecule has 0 unspecified atom stereocenters. The first-order valence-electron chi connectivity index (χ1n) is 6.53. The van der Waals surface area contributed by atoms with Gasteiger partial charge in [-0.05, 0) is 19.9 Å². The lowest BCUT2D eigenvalue weighted by atomic mass is 10.1. The predicted molar refractivity (Wildman–Crippen MR) is 89.8 cm³/mol. The van der Waals surface area contributed by atoms with Crippen molar-refractivity contribution in [2.45, 2.75) is 24.8 Å². The summed E-state index contributed by atoms with van der Waals surface area (Å²) in [4.78, 5) is 15.7. The van der Waals surface area contributed by atoms with Gasteiger partial charge in [0.1, 0.15) is 0 Å². The predicted octanol–water partition coefficient (Wildman–Crippen LogP) is 1.88. The minimum atomic E-state index is -0.710. The SMILES string of the molecule is CNC(=O)N(O)[C@H]1N(/N=C\c2cccnc2)C(=S)SC1(C)C. The van der Waals surface area contributed by atoms with Crippen molar-refractivity contribution in [2.75, 3.05) is 7.05 Å². The molecule has 0 saturated carbocycles. The topological polar surface area (TPSA) is 81.1 Å². The molecule has 1 aromatic rings. The van der Waals surface area contributed by atoms with Gasteiger partial charge in [-0.1, -0.05) is 30.0 Å². The van der Waals surface area contributed by atoms with Gasteiger partial charge in [0, 0.05) is 25.0 Å². The molecule has 1 fully saturated rings. The summed E-state index contributed by atoms with van der Waals surface area (Å²) in [5.74, 6) is 0. The van der Waals surface area contributed by atoms with Crippen LogP contribution in [0, 0.1) is 0 Å². The Hall–Kier alpha value is -1.71. The normalized spacial score (nSPS) is 20.5. The van der Waals surface area contributed by atoms with E-state index in [4.69, 9.17) is 12.2 Å². The van der Waals surface area contributed by atoms with E-state index in [9.17, 15) is 10.0 Å². The number of hydroxylamine groups is 2. The van der Waals surface area contributed by atoms with Gasteiger partial charge in [0.05, 0.1) is 11.0 Å². The summed E-state index contributed by atoms with van der Waals surface area (Å²) in [5, 5.41) is 18.9. The molecule has 1 aromatic heterocycles. The molecule has 7 nitrogen and oxygen atoms in total. The zero-order valence-corrected chi connectivity index (χ0v) is 14.1. The maximum Gasteiger partial charge on any atom is 0.343 e. The molecule has 9 heteroatoms. The average Bonchev–Trinajstić information content (AvgIpc) is 2.73. The second-order valence-electron chi connectivity index (χ2n) is 5.12. The van der Waals surface area contributed by atoms with E-state index in [0.29, 0.717) is 9.38 Å². The molecule has 1 saturated heterocycles. The number of rotatable bonds is 3. The lowest BCUT2D eigenvalue weighted by molar-refractivity contribution is -0.117. The fourth-order valence-corrected chi connectivity index (χ4v) is 3.82. The highest BCUT2D eigenvalue weighted by Gasteiger charge is 2.49. The van der Waals surface area contributed by atoms with Gasteiger partial charge in [0.2, 0.25) is 0 Å². The van der Waals surface area contributed by atoms with Gasteiger partial charge in [-0.2, -0.15) is 10.2 Å². The third kappa shape index (κ3) is 3.37. The molecule has 0 radical (unpaired) electrons. The molecule has 0 bridgehead atoms. The van der Waals surface area contributed by atoms with E-state index < -0.39 is 16.9 Å². The van der Waals surface area contributed by atoms with Crippen LogP contribution in [0.15, 0.2) is 29.6 Å². The molecule has 2 amide bonds. The Labute approximate surface area is 138 Å². The number of thiocarbonyl (C=S) groups is 1. The number of hydrogen-bond donors (Lipinski definition) is 2.